The number of hydrogen-bond acceptors (Lipinski definition) is 5. The largest absolute Gasteiger partial charge is 0.484 e. The quantitative estimate of drug-likeness (QED) is 0.406. The van der Waals surface area contributed by atoms with E-state index in [9.17, 15) is 9.59 Å². The van der Waals surface area contributed by atoms with Crippen molar-refractivity contribution in [3.05, 3.63) is 60.2 Å². The van der Waals surface area contributed by atoms with Crippen molar-refractivity contribution in [2.24, 2.45) is 5.10 Å². The molecule has 6 nitrogen and oxygen atoms in total. The van der Waals surface area contributed by atoms with Crippen LogP contribution in [-0.4, -0.2) is 35.9 Å². The second kappa shape index (κ2) is 10.5. The summed E-state index contributed by atoms with van der Waals surface area (Å²) in [4.78, 5) is 24.6. The normalized spacial score (nSPS) is 11.2. The van der Waals surface area contributed by atoms with Crippen molar-refractivity contribution in [1.82, 2.24) is 10.7 Å². The number of benzene rings is 2. The first kappa shape index (κ1) is 21.5. The molecule has 0 unspecified atom stereocenters. The Morgan fingerprint density at radius 2 is 1.71 bits per heavy atom. The van der Waals surface area contributed by atoms with Crippen LogP contribution < -0.4 is 15.5 Å². The highest BCUT2D eigenvalue weighted by atomic mass is 32.2. The van der Waals surface area contributed by atoms with Crippen molar-refractivity contribution < 1.29 is 14.3 Å². The maximum absolute atomic E-state index is 11.8. The second-order valence-electron chi connectivity index (χ2n) is 7.05. The second-order valence-corrected chi connectivity index (χ2v) is 8.10. The molecule has 0 aliphatic heterocycles. The van der Waals surface area contributed by atoms with E-state index in [1.165, 1.54) is 11.8 Å². The van der Waals surface area contributed by atoms with Crippen LogP contribution in [0.1, 0.15) is 26.3 Å². The average Bonchev–Trinajstić information content (AvgIpc) is 2.65. The van der Waals surface area contributed by atoms with Gasteiger partial charge in [-0.15, -0.1) is 11.8 Å². The first-order valence-corrected chi connectivity index (χ1v) is 9.84. The molecule has 0 saturated carbocycles. The van der Waals surface area contributed by atoms with Gasteiger partial charge in [-0.2, -0.15) is 5.10 Å². The smallest absolute Gasteiger partial charge is 0.258 e. The lowest BCUT2D eigenvalue weighted by molar-refractivity contribution is -0.124. The van der Waals surface area contributed by atoms with E-state index in [4.69, 9.17) is 4.74 Å². The van der Waals surface area contributed by atoms with E-state index in [2.05, 4.69) is 15.8 Å². The Morgan fingerprint density at radius 1 is 1.04 bits per heavy atom. The Hall–Kier alpha value is -2.80. The number of nitrogens with one attached hydrogen (secondary N) is 2. The summed E-state index contributed by atoms with van der Waals surface area (Å²) >= 11 is 1.45. The summed E-state index contributed by atoms with van der Waals surface area (Å²) in [6, 6.07) is 16.8. The molecule has 0 fully saturated rings. The minimum absolute atomic E-state index is 0.0418. The predicted molar refractivity (Wildman–Crippen MR) is 113 cm³/mol. The van der Waals surface area contributed by atoms with Gasteiger partial charge in [0.15, 0.2) is 6.61 Å². The zero-order valence-corrected chi connectivity index (χ0v) is 17.1. The van der Waals surface area contributed by atoms with Gasteiger partial charge in [0.1, 0.15) is 5.75 Å². The number of nitrogens with zero attached hydrogens (tertiary/aromatic N) is 1. The van der Waals surface area contributed by atoms with Crippen LogP contribution in [0, 0.1) is 0 Å². The highest BCUT2D eigenvalue weighted by Gasteiger charge is 2.13. The molecular formula is C21H25N3O3S. The molecule has 0 aromatic heterocycles. The van der Waals surface area contributed by atoms with Crippen LogP contribution >= 0.6 is 11.8 Å². The van der Waals surface area contributed by atoms with Gasteiger partial charge in [-0.1, -0.05) is 18.2 Å². The van der Waals surface area contributed by atoms with Crippen LogP contribution in [0.3, 0.4) is 0 Å². The zero-order chi connectivity index (χ0) is 20.4. The fourth-order valence-electron chi connectivity index (χ4n) is 2.13. The van der Waals surface area contributed by atoms with Crippen LogP contribution in [0.5, 0.6) is 5.75 Å². The van der Waals surface area contributed by atoms with Gasteiger partial charge in [-0.05, 0) is 62.7 Å². The third-order valence-electron chi connectivity index (χ3n) is 3.28. The lowest BCUT2D eigenvalue weighted by atomic mass is 10.1. The maximum Gasteiger partial charge on any atom is 0.258 e. The first-order valence-electron chi connectivity index (χ1n) is 8.85. The highest BCUT2D eigenvalue weighted by Crippen LogP contribution is 2.16. The number of ether oxygens (including phenoxy) is 1. The van der Waals surface area contributed by atoms with Gasteiger partial charge < -0.3 is 10.1 Å². The molecule has 0 radical (unpaired) electrons. The summed E-state index contributed by atoms with van der Waals surface area (Å²) in [5.41, 5.74) is 3.02. The van der Waals surface area contributed by atoms with E-state index in [0.29, 0.717) is 11.5 Å². The van der Waals surface area contributed by atoms with Crippen LogP contribution in [0.4, 0.5) is 0 Å². The first-order chi connectivity index (χ1) is 13.3. The lowest BCUT2D eigenvalue weighted by Gasteiger charge is -2.20. The third kappa shape index (κ3) is 8.73. The molecule has 2 aromatic carbocycles. The molecule has 148 valence electrons. The Morgan fingerprint density at radius 3 is 2.36 bits per heavy atom. The van der Waals surface area contributed by atoms with Gasteiger partial charge in [0.05, 0.1) is 12.0 Å². The number of carbonyl (C=O) groups excluding carboxylic acids is 2. The predicted octanol–water partition coefficient (Wildman–Crippen LogP) is 3.22. The van der Waals surface area contributed by atoms with Crippen molar-refractivity contribution in [3.8, 4) is 5.75 Å². The zero-order valence-electron chi connectivity index (χ0n) is 16.3. The van der Waals surface area contributed by atoms with Gasteiger partial charge >= 0.3 is 0 Å². The van der Waals surface area contributed by atoms with E-state index in [1.54, 1.807) is 30.5 Å². The molecule has 0 spiro atoms. The van der Waals surface area contributed by atoms with Crippen LogP contribution in [-0.2, 0) is 9.59 Å². The van der Waals surface area contributed by atoms with Gasteiger partial charge in [-0.25, -0.2) is 5.43 Å². The van der Waals surface area contributed by atoms with Gasteiger partial charge in [0.25, 0.3) is 5.91 Å². The highest BCUT2D eigenvalue weighted by molar-refractivity contribution is 8.00. The summed E-state index contributed by atoms with van der Waals surface area (Å²) in [6.07, 6.45) is 1.56. The summed E-state index contributed by atoms with van der Waals surface area (Å²) in [5, 5.41) is 6.79. The Labute approximate surface area is 169 Å². The van der Waals surface area contributed by atoms with Crippen LogP contribution in [0.15, 0.2) is 64.6 Å². The lowest BCUT2D eigenvalue weighted by Crippen LogP contribution is -2.43. The standard InChI is InChI=1S/C21H25N3O3S/c1-21(2,3)23-19(25)14-27-17-11-9-16(10-12-17)13-22-24-20(26)15-28-18-7-5-4-6-8-18/h4-13H,14-15H2,1-3H3,(H,23,25)(H,24,26)/b22-13-. The molecule has 0 atom stereocenters. The minimum Gasteiger partial charge on any atom is -0.484 e. The van der Waals surface area contributed by atoms with Crippen molar-refractivity contribution >= 4 is 29.8 Å². The van der Waals surface area contributed by atoms with E-state index < -0.39 is 0 Å². The van der Waals surface area contributed by atoms with Gasteiger partial charge in [0.2, 0.25) is 5.91 Å². The van der Waals surface area contributed by atoms with E-state index in [1.807, 2.05) is 51.1 Å². The number of amides is 2. The molecule has 28 heavy (non-hydrogen) atoms. The Kier molecular flexibility index (Phi) is 8.07. The number of hydrazone groups is 1. The SMILES string of the molecule is CC(C)(C)NC(=O)COc1ccc(/C=N\NC(=O)CSc2ccccc2)cc1. The molecule has 2 rings (SSSR count). The molecule has 0 heterocycles. The minimum atomic E-state index is -0.287. The Balaban J connectivity index is 1.72. The van der Waals surface area contributed by atoms with Crippen molar-refractivity contribution in [1.29, 1.82) is 0 Å². The molecule has 0 bridgehead atoms. The fourth-order valence-corrected chi connectivity index (χ4v) is 2.84. The van der Waals surface area contributed by atoms with Crippen LogP contribution in [0.2, 0.25) is 0 Å². The summed E-state index contributed by atoms with van der Waals surface area (Å²) in [5.74, 6) is 0.541. The molecule has 2 amide bonds. The topological polar surface area (TPSA) is 79.8 Å². The van der Waals surface area contributed by atoms with E-state index in [-0.39, 0.29) is 24.0 Å². The summed E-state index contributed by atoms with van der Waals surface area (Å²) < 4.78 is 5.46. The number of thioether (sulfide) groups is 1. The maximum atomic E-state index is 11.8. The molecule has 0 saturated heterocycles. The molecular weight excluding hydrogens is 374 g/mol. The van der Waals surface area contributed by atoms with Crippen molar-refractivity contribution in [2.75, 3.05) is 12.4 Å². The molecule has 0 aliphatic carbocycles. The third-order valence-corrected chi connectivity index (χ3v) is 4.29. The fraction of sp³-hybridized carbons (Fsp3) is 0.286. The molecule has 2 N–H and O–H groups in total. The number of carbonyl (C=O) groups is 2. The number of rotatable bonds is 8. The molecule has 7 heteroatoms. The van der Waals surface area contributed by atoms with Crippen LogP contribution in [0.25, 0.3) is 0 Å². The monoisotopic (exact) mass is 399 g/mol. The summed E-state index contributed by atoms with van der Waals surface area (Å²) in [7, 11) is 0. The van der Waals surface area contributed by atoms with Crippen molar-refractivity contribution in [3.63, 3.8) is 0 Å². The molecule has 0 aliphatic rings. The van der Waals surface area contributed by atoms with Gasteiger partial charge in [-0.3, -0.25) is 9.59 Å². The average molecular weight is 400 g/mol. The van der Waals surface area contributed by atoms with E-state index >= 15 is 0 Å². The van der Waals surface area contributed by atoms with Gasteiger partial charge in [0, 0.05) is 10.4 Å². The van der Waals surface area contributed by atoms with E-state index in [0.717, 1.165) is 10.5 Å². The van der Waals surface area contributed by atoms with Crippen molar-refractivity contribution in [2.45, 2.75) is 31.2 Å². The molecule has 2 aromatic rings. The summed E-state index contributed by atoms with van der Waals surface area (Å²) in [6.45, 7) is 5.70. The Bertz CT molecular complexity index is 800. The number of hydrogen-bond donors (Lipinski definition) is 2.